The first-order chi connectivity index (χ1) is 12.6. The molecule has 0 unspecified atom stereocenters. The first kappa shape index (κ1) is 18.5. The normalized spacial score (nSPS) is 11.9. The summed E-state index contributed by atoms with van der Waals surface area (Å²) < 4.78 is 5.95. The number of nitrogens with zero attached hydrogens (tertiary/aromatic N) is 2. The maximum absolute atomic E-state index is 12.2. The average molecular weight is 389 g/mol. The predicted octanol–water partition coefficient (Wildman–Crippen LogP) is 4.23. The molecule has 8 heteroatoms. The van der Waals surface area contributed by atoms with Gasteiger partial charge in [0, 0.05) is 5.69 Å². The molecule has 2 N–H and O–H groups in total. The first-order valence-electron chi connectivity index (χ1n) is 8.30. The third-order valence-corrected chi connectivity index (χ3v) is 5.71. The molecular formula is C18H20N4O2S2. The highest BCUT2D eigenvalue weighted by molar-refractivity contribution is 8.02. The van der Waals surface area contributed by atoms with E-state index in [4.69, 9.17) is 4.42 Å². The molecule has 6 nitrogen and oxygen atoms in total. The number of hydrogen-bond acceptors (Lipinski definition) is 7. The van der Waals surface area contributed by atoms with Crippen LogP contribution in [0.4, 0.5) is 10.8 Å². The molecule has 0 aliphatic heterocycles. The average Bonchev–Trinajstić information content (AvgIpc) is 3.32. The third kappa shape index (κ3) is 5.09. The maximum atomic E-state index is 12.2. The minimum Gasteiger partial charge on any atom is -0.467 e. The van der Waals surface area contributed by atoms with E-state index in [9.17, 15) is 4.79 Å². The summed E-state index contributed by atoms with van der Waals surface area (Å²) in [6.07, 6.45) is 2.60. The summed E-state index contributed by atoms with van der Waals surface area (Å²) in [6.45, 7) is 4.36. The quantitative estimate of drug-likeness (QED) is 0.562. The topological polar surface area (TPSA) is 80.0 Å². The van der Waals surface area contributed by atoms with E-state index < -0.39 is 0 Å². The summed E-state index contributed by atoms with van der Waals surface area (Å²) in [4.78, 5) is 12.2. The molecule has 2 aromatic heterocycles. The van der Waals surface area contributed by atoms with E-state index >= 15 is 0 Å². The Bertz CT molecular complexity index is 831. The van der Waals surface area contributed by atoms with Gasteiger partial charge < -0.3 is 15.1 Å². The number of aryl methyl sites for hydroxylation is 1. The molecule has 2 heterocycles. The van der Waals surface area contributed by atoms with Crippen molar-refractivity contribution in [3.63, 3.8) is 0 Å². The molecule has 0 aliphatic carbocycles. The second-order valence-electron chi connectivity index (χ2n) is 5.61. The lowest BCUT2D eigenvalue weighted by molar-refractivity contribution is -0.120. The van der Waals surface area contributed by atoms with Crippen LogP contribution in [0.25, 0.3) is 0 Å². The number of thioether (sulfide) groups is 1. The van der Waals surface area contributed by atoms with Gasteiger partial charge in [0.25, 0.3) is 0 Å². The van der Waals surface area contributed by atoms with Crippen LogP contribution in [0.5, 0.6) is 0 Å². The van der Waals surface area contributed by atoms with Gasteiger partial charge in [-0.2, -0.15) is 0 Å². The van der Waals surface area contributed by atoms with Crippen LogP contribution in [0, 0.1) is 0 Å². The summed E-state index contributed by atoms with van der Waals surface area (Å²) >= 11 is 2.82. The van der Waals surface area contributed by atoms with Gasteiger partial charge in [0.1, 0.15) is 5.76 Å². The molecule has 0 radical (unpaired) electrons. The molecule has 3 rings (SSSR count). The van der Waals surface area contributed by atoms with Crippen molar-refractivity contribution in [1.82, 2.24) is 15.5 Å². The number of carbonyl (C=O) groups is 1. The number of benzene rings is 1. The number of carbonyl (C=O) groups excluding carboxylic acids is 1. The van der Waals surface area contributed by atoms with E-state index in [0.717, 1.165) is 22.2 Å². The lowest BCUT2D eigenvalue weighted by Crippen LogP contribution is -2.30. The van der Waals surface area contributed by atoms with Crippen LogP contribution in [-0.4, -0.2) is 21.4 Å². The number of amides is 1. The molecular weight excluding hydrogens is 368 g/mol. The zero-order valence-corrected chi connectivity index (χ0v) is 16.2. The largest absolute Gasteiger partial charge is 0.467 e. The van der Waals surface area contributed by atoms with Crippen molar-refractivity contribution in [2.75, 3.05) is 5.32 Å². The Morgan fingerprint density at radius 2 is 2.08 bits per heavy atom. The fourth-order valence-electron chi connectivity index (χ4n) is 2.19. The summed E-state index contributed by atoms with van der Waals surface area (Å²) in [5, 5.41) is 14.8. The van der Waals surface area contributed by atoms with Crippen molar-refractivity contribution in [2.45, 2.75) is 36.4 Å². The van der Waals surface area contributed by atoms with Crippen LogP contribution in [0.3, 0.4) is 0 Å². The van der Waals surface area contributed by atoms with Crippen molar-refractivity contribution >= 4 is 39.8 Å². The van der Waals surface area contributed by atoms with Gasteiger partial charge in [-0.3, -0.25) is 4.79 Å². The molecule has 0 aliphatic rings. The highest BCUT2D eigenvalue weighted by Gasteiger charge is 2.17. The van der Waals surface area contributed by atoms with E-state index in [1.54, 1.807) is 12.3 Å². The van der Waals surface area contributed by atoms with Gasteiger partial charge in [-0.15, -0.1) is 10.2 Å². The molecule has 1 amide bonds. The van der Waals surface area contributed by atoms with Gasteiger partial charge in [-0.25, -0.2) is 0 Å². The molecule has 0 saturated carbocycles. The molecule has 136 valence electrons. The van der Waals surface area contributed by atoms with Crippen LogP contribution >= 0.6 is 23.1 Å². The smallest absolute Gasteiger partial charge is 0.233 e. The Kier molecular flexibility index (Phi) is 6.30. The molecule has 26 heavy (non-hydrogen) atoms. The zero-order chi connectivity index (χ0) is 18.4. The van der Waals surface area contributed by atoms with E-state index in [0.29, 0.717) is 11.7 Å². The van der Waals surface area contributed by atoms with Crippen LogP contribution in [0.2, 0.25) is 0 Å². The number of rotatable bonds is 8. The third-order valence-electron chi connectivity index (χ3n) is 3.68. The summed E-state index contributed by atoms with van der Waals surface area (Å²) in [5.74, 6) is 0.665. The predicted molar refractivity (Wildman–Crippen MR) is 105 cm³/mol. The van der Waals surface area contributed by atoms with Gasteiger partial charge in [-0.05, 0) is 43.2 Å². The minimum atomic E-state index is -0.269. The lowest BCUT2D eigenvalue weighted by atomic mass is 10.1. The Balaban J connectivity index is 1.51. The Hall–Kier alpha value is -2.32. The van der Waals surface area contributed by atoms with Gasteiger partial charge in [0.2, 0.25) is 11.0 Å². The fraction of sp³-hybridized carbons (Fsp3) is 0.278. The molecule has 0 fully saturated rings. The Morgan fingerprint density at radius 1 is 1.27 bits per heavy atom. The number of aromatic nitrogens is 2. The summed E-state index contributed by atoms with van der Waals surface area (Å²) in [6, 6.07) is 11.9. The van der Waals surface area contributed by atoms with E-state index in [2.05, 4.69) is 39.9 Å². The lowest BCUT2D eigenvalue weighted by Gasteiger charge is -2.08. The van der Waals surface area contributed by atoms with E-state index in [1.165, 1.54) is 28.7 Å². The van der Waals surface area contributed by atoms with Crippen molar-refractivity contribution < 1.29 is 9.21 Å². The highest BCUT2D eigenvalue weighted by Crippen LogP contribution is 2.30. The van der Waals surface area contributed by atoms with Crippen molar-refractivity contribution in [2.24, 2.45) is 0 Å². The second kappa shape index (κ2) is 8.86. The van der Waals surface area contributed by atoms with Gasteiger partial charge in [0.05, 0.1) is 18.1 Å². The van der Waals surface area contributed by atoms with Gasteiger partial charge >= 0.3 is 0 Å². The standard InChI is InChI=1S/C18H20N4O2S2/c1-3-13-6-8-14(9-7-13)20-17-21-22-18(26-17)25-12(2)16(23)19-11-15-5-4-10-24-15/h4-10,12H,3,11H2,1-2H3,(H,19,23)(H,20,21)/t12-/m0/s1. The van der Waals surface area contributed by atoms with Crippen molar-refractivity contribution in [1.29, 1.82) is 0 Å². The van der Waals surface area contributed by atoms with Gasteiger partial charge in [-0.1, -0.05) is 42.2 Å². The summed E-state index contributed by atoms with van der Waals surface area (Å²) in [5.41, 5.74) is 2.26. The van der Waals surface area contributed by atoms with Crippen LogP contribution in [0.1, 0.15) is 25.2 Å². The number of anilines is 2. The minimum absolute atomic E-state index is 0.0636. The fourth-order valence-corrected chi connectivity index (χ4v) is 4.13. The van der Waals surface area contributed by atoms with E-state index in [-0.39, 0.29) is 11.2 Å². The molecule has 3 aromatic rings. The molecule has 0 bridgehead atoms. The number of furan rings is 1. The molecule has 1 atom stereocenters. The van der Waals surface area contributed by atoms with Crippen LogP contribution < -0.4 is 10.6 Å². The molecule has 0 spiro atoms. The SMILES string of the molecule is CCc1ccc(Nc2nnc(S[C@@H](C)C(=O)NCc3ccco3)s2)cc1. The maximum Gasteiger partial charge on any atom is 0.233 e. The summed E-state index contributed by atoms with van der Waals surface area (Å²) in [7, 11) is 0. The highest BCUT2D eigenvalue weighted by atomic mass is 32.2. The molecule has 0 saturated heterocycles. The van der Waals surface area contributed by atoms with E-state index in [1.807, 2.05) is 25.1 Å². The monoisotopic (exact) mass is 388 g/mol. The van der Waals surface area contributed by atoms with Crippen LogP contribution in [-0.2, 0) is 17.8 Å². The number of hydrogen-bond donors (Lipinski definition) is 2. The first-order valence-corrected chi connectivity index (χ1v) is 10.00. The Morgan fingerprint density at radius 3 is 2.77 bits per heavy atom. The van der Waals surface area contributed by atoms with Crippen molar-refractivity contribution in [3.05, 3.63) is 54.0 Å². The number of nitrogens with one attached hydrogen (secondary N) is 2. The van der Waals surface area contributed by atoms with Crippen LogP contribution in [0.15, 0.2) is 51.4 Å². The Labute approximate surface area is 160 Å². The zero-order valence-electron chi connectivity index (χ0n) is 14.6. The van der Waals surface area contributed by atoms with Crippen molar-refractivity contribution in [3.8, 4) is 0 Å². The second-order valence-corrected chi connectivity index (χ2v) is 8.17. The van der Waals surface area contributed by atoms with Gasteiger partial charge in [0.15, 0.2) is 4.34 Å². The molecule has 1 aromatic carbocycles.